The van der Waals surface area contributed by atoms with Crippen molar-refractivity contribution in [2.24, 2.45) is 0 Å². The van der Waals surface area contributed by atoms with Crippen LogP contribution in [0, 0.1) is 6.92 Å². The Morgan fingerprint density at radius 3 is 1.90 bits per heavy atom. The van der Waals surface area contributed by atoms with Crippen LogP contribution < -0.4 is 0 Å². The van der Waals surface area contributed by atoms with Gasteiger partial charge in [0.25, 0.3) is 0 Å². The van der Waals surface area contributed by atoms with Gasteiger partial charge in [-0.3, -0.25) is 9.69 Å². The number of halogens is 2. The highest BCUT2D eigenvalue weighted by molar-refractivity contribution is 7.89. The van der Waals surface area contributed by atoms with E-state index in [0.29, 0.717) is 41.8 Å². The van der Waals surface area contributed by atoms with Gasteiger partial charge in [-0.1, -0.05) is 108 Å². The molecule has 0 saturated carbocycles. The van der Waals surface area contributed by atoms with E-state index in [4.69, 9.17) is 23.2 Å². The van der Waals surface area contributed by atoms with E-state index >= 15 is 0 Å². The van der Waals surface area contributed by atoms with Crippen molar-refractivity contribution in [3.63, 3.8) is 0 Å². The summed E-state index contributed by atoms with van der Waals surface area (Å²) in [5.41, 5.74) is 3.98. The Balaban J connectivity index is 1.33. The van der Waals surface area contributed by atoms with Crippen molar-refractivity contribution in [2.45, 2.75) is 24.4 Å². The van der Waals surface area contributed by atoms with Crippen LogP contribution in [0.4, 0.5) is 0 Å². The van der Waals surface area contributed by atoms with Crippen LogP contribution in [0.1, 0.15) is 28.3 Å². The monoisotopic (exact) mass is 621 g/mol. The summed E-state index contributed by atoms with van der Waals surface area (Å²) in [5.74, 6) is -0.235. The number of hydrogen-bond donors (Lipinski definition) is 0. The largest absolute Gasteiger partial charge is 0.339 e. The molecule has 0 atom stereocenters. The van der Waals surface area contributed by atoms with Gasteiger partial charge < -0.3 is 4.90 Å². The van der Waals surface area contributed by atoms with E-state index in [-0.39, 0.29) is 29.9 Å². The normalized spacial score (nSPS) is 14.5. The zero-order valence-corrected chi connectivity index (χ0v) is 25.7. The first-order valence-electron chi connectivity index (χ1n) is 13.8. The molecular formula is C33H33Cl2N3O3S. The highest BCUT2D eigenvalue weighted by atomic mass is 35.5. The molecule has 42 heavy (non-hydrogen) atoms. The fourth-order valence-electron chi connectivity index (χ4n) is 5.29. The minimum atomic E-state index is -3.97. The number of hydrogen-bond acceptors (Lipinski definition) is 4. The second-order valence-electron chi connectivity index (χ2n) is 10.5. The maximum absolute atomic E-state index is 13.8. The first kappa shape index (κ1) is 30.3. The zero-order valence-electron chi connectivity index (χ0n) is 23.4. The highest BCUT2D eigenvalue weighted by Crippen LogP contribution is 2.30. The standard InChI is InChI=1S/C33H33Cl2N3O3S/c1-25-12-15-29(16-13-25)42(40,41)38(23-26-14-17-30(34)31(35)22-26)24-32(39)36-18-20-37(21-19-36)33(27-8-4-2-5-9-27)28-10-6-3-7-11-28/h2-17,22,33H,18-21,23-24H2,1H3. The zero-order chi connectivity index (χ0) is 29.7. The molecule has 0 aromatic heterocycles. The van der Waals surface area contributed by atoms with Gasteiger partial charge in [-0.2, -0.15) is 4.31 Å². The number of amides is 1. The van der Waals surface area contributed by atoms with Crippen LogP contribution in [0.3, 0.4) is 0 Å². The molecule has 1 saturated heterocycles. The number of rotatable bonds is 9. The first-order valence-corrected chi connectivity index (χ1v) is 16.0. The highest BCUT2D eigenvalue weighted by Gasteiger charge is 2.32. The Kier molecular flexibility index (Phi) is 9.66. The second kappa shape index (κ2) is 13.4. The van der Waals surface area contributed by atoms with Crippen molar-refractivity contribution in [2.75, 3.05) is 32.7 Å². The molecule has 0 bridgehead atoms. The molecule has 1 fully saturated rings. The van der Waals surface area contributed by atoms with E-state index in [2.05, 4.69) is 29.2 Å². The lowest BCUT2D eigenvalue weighted by atomic mass is 9.96. The number of nitrogens with zero attached hydrogens (tertiary/aromatic N) is 3. The van der Waals surface area contributed by atoms with Crippen molar-refractivity contribution in [1.82, 2.24) is 14.1 Å². The summed E-state index contributed by atoms with van der Waals surface area (Å²) in [5, 5.41) is 0.710. The van der Waals surface area contributed by atoms with E-state index in [1.165, 1.54) is 15.4 Å². The molecule has 0 spiro atoms. The van der Waals surface area contributed by atoms with Crippen LogP contribution in [0.15, 0.2) is 108 Å². The van der Waals surface area contributed by atoms with Crippen LogP contribution in [0.25, 0.3) is 0 Å². The molecule has 4 aromatic rings. The van der Waals surface area contributed by atoms with Crippen LogP contribution in [0.2, 0.25) is 10.0 Å². The van der Waals surface area contributed by atoms with Crippen molar-refractivity contribution in [1.29, 1.82) is 0 Å². The second-order valence-corrected chi connectivity index (χ2v) is 13.2. The molecule has 5 rings (SSSR count). The summed E-state index contributed by atoms with van der Waals surface area (Å²) >= 11 is 12.3. The van der Waals surface area contributed by atoms with Gasteiger partial charge in [-0.25, -0.2) is 8.42 Å². The molecule has 1 heterocycles. The Morgan fingerprint density at radius 1 is 0.786 bits per heavy atom. The van der Waals surface area contributed by atoms with Crippen molar-refractivity contribution in [3.05, 3.63) is 135 Å². The summed E-state index contributed by atoms with van der Waals surface area (Å²) in [6.45, 7) is 3.93. The Morgan fingerprint density at radius 2 is 1.36 bits per heavy atom. The third kappa shape index (κ3) is 7.05. The average Bonchev–Trinajstić information content (AvgIpc) is 3.00. The summed E-state index contributed by atoms with van der Waals surface area (Å²) in [4.78, 5) is 17.9. The lowest BCUT2D eigenvalue weighted by Crippen LogP contribution is -2.52. The number of aryl methyl sites for hydroxylation is 1. The molecule has 218 valence electrons. The van der Waals surface area contributed by atoms with E-state index in [1.807, 2.05) is 43.3 Å². The van der Waals surface area contributed by atoms with Crippen LogP contribution in [0.5, 0.6) is 0 Å². The van der Waals surface area contributed by atoms with Gasteiger partial charge >= 0.3 is 0 Å². The quantitative estimate of drug-likeness (QED) is 0.216. The number of carbonyl (C=O) groups excluding carboxylic acids is 1. The number of sulfonamides is 1. The molecular weight excluding hydrogens is 589 g/mol. The van der Waals surface area contributed by atoms with Gasteiger partial charge in [0.15, 0.2) is 0 Å². The van der Waals surface area contributed by atoms with Crippen LogP contribution in [-0.2, 0) is 21.4 Å². The van der Waals surface area contributed by atoms with Crippen LogP contribution in [-0.4, -0.2) is 61.2 Å². The molecule has 1 aliphatic rings. The predicted octanol–water partition coefficient (Wildman–Crippen LogP) is 6.43. The lowest BCUT2D eigenvalue weighted by Gasteiger charge is -2.40. The van der Waals surface area contributed by atoms with E-state index in [1.54, 1.807) is 47.4 Å². The fourth-order valence-corrected chi connectivity index (χ4v) is 6.99. The van der Waals surface area contributed by atoms with Crippen LogP contribution >= 0.6 is 23.2 Å². The maximum Gasteiger partial charge on any atom is 0.243 e. The number of piperazine rings is 1. The van der Waals surface area contributed by atoms with Gasteiger partial charge in [0, 0.05) is 32.7 Å². The smallest absolute Gasteiger partial charge is 0.243 e. The molecule has 6 nitrogen and oxygen atoms in total. The van der Waals surface area contributed by atoms with E-state index in [9.17, 15) is 13.2 Å². The first-order chi connectivity index (χ1) is 20.2. The molecule has 1 amide bonds. The van der Waals surface area contributed by atoms with Gasteiger partial charge in [0.2, 0.25) is 15.9 Å². The number of benzene rings is 4. The van der Waals surface area contributed by atoms with Gasteiger partial charge in [-0.05, 0) is 47.9 Å². The average molecular weight is 623 g/mol. The summed E-state index contributed by atoms with van der Waals surface area (Å²) in [7, 11) is -3.97. The minimum Gasteiger partial charge on any atom is -0.339 e. The molecule has 1 aliphatic heterocycles. The molecule has 0 radical (unpaired) electrons. The summed E-state index contributed by atoms with van der Waals surface area (Å²) in [6, 6.07) is 32.4. The molecule has 0 aliphatic carbocycles. The minimum absolute atomic E-state index is 0.0110. The third-order valence-electron chi connectivity index (χ3n) is 7.58. The van der Waals surface area contributed by atoms with Gasteiger partial charge in [0.05, 0.1) is 27.5 Å². The Labute approximate surface area is 258 Å². The Bertz CT molecular complexity index is 1570. The van der Waals surface area contributed by atoms with Crippen molar-refractivity contribution >= 4 is 39.1 Å². The van der Waals surface area contributed by atoms with E-state index in [0.717, 1.165) is 5.56 Å². The van der Waals surface area contributed by atoms with E-state index < -0.39 is 10.0 Å². The maximum atomic E-state index is 13.8. The van der Waals surface area contributed by atoms with Gasteiger partial charge in [-0.15, -0.1) is 0 Å². The fraction of sp³-hybridized carbons (Fsp3) is 0.242. The molecule has 9 heteroatoms. The third-order valence-corrected chi connectivity index (χ3v) is 10.1. The van der Waals surface area contributed by atoms with Crippen molar-refractivity contribution < 1.29 is 13.2 Å². The van der Waals surface area contributed by atoms with Gasteiger partial charge in [0.1, 0.15) is 0 Å². The Hall–Kier alpha value is -3.20. The lowest BCUT2D eigenvalue weighted by molar-refractivity contribution is -0.133. The SMILES string of the molecule is Cc1ccc(S(=O)(=O)N(CC(=O)N2CCN(C(c3ccccc3)c3ccccc3)CC2)Cc2ccc(Cl)c(Cl)c2)cc1. The van der Waals surface area contributed by atoms with Crippen molar-refractivity contribution in [3.8, 4) is 0 Å². The summed E-state index contributed by atoms with van der Waals surface area (Å²) in [6.07, 6.45) is 0. The predicted molar refractivity (Wildman–Crippen MR) is 168 cm³/mol. The summed E-state index contributed by atoms with van der Waals surface area (Å²) < 4.78 is 28.7. The topological polar surface area (TPSA) is 60.9 Å². The molecule has 0 N–H and O–H groups in total. The molecule has 4 aromatic carbocycles. The molecule has 0 unspecified atom stereocenters. The number of carbonyl (C=O) groups is 1.